The molecule has 2 aliphatic rings. The highest BCUT2D eigenvalue weighted by Crippen LogP contribution is 2.29. The van der Waals surface area contributed by atoms with Gasteiger partial charge >= 0.3 is 0 Å². The summed E-state index contributed by atoms with van der Waals surface area (Å²) in [7, 11) is 0. The van der Waals surface area contributed by atoms with Crippen LogP contribution in [-0.4, -0.2) is 35.6 Å². The Labute approximate surface area is 162 Å². The summed E-state index contributed by atoms with van der Waals surface area (Å²) in [4.78, 5) is 21.3. The van der Waals surface area contributed by atoms with E-state index in [9.17, 15) is 4.79 Å². The zero-order chi connectivity index (χ0) is 18.9. The van der Waals surface area contributed by atoms with Gasteiger partial charge in [0.15, 0.2) is 5.82 Å². The zero-order valence-corrected chi connectivity index (χ0v) is 15.7. The van der Waals surface area contributed by atoms with Crippen LogP contribution in [0, 0.1) is 0 Å². The largest absolute Gasteiger partial charge is 0.366 e. The van der Waals surface area contributed by atoms with Crippen molar-refractivity contribution in [2.75, 3.05) is 5.32 Å². The van der Waals surface area contributed by atoms with Crippen molar-refractivity contribution in [2.45, 2.75) is 57.0 Å². The van der Waals surface area contributed by atoms with E-state index < -0.39 is 0 Å². The van der Waals surface area contributed by atoms with E-state index in [4.69, 9.17) is 0 Å². The molecule has 3 heterocycles. The minimum Gasteiger partial charge on any atom is -0.366 e. The van der Waals surface area contributed by atoms with E-state index in [0.717, 1.165) is 62.0 Å². The Bertz CT molecular complexity index is 1020. The van der Waals surface area contributed by atoms with Gasteiger partial charge in [-0.2, -0.15) is 10.2 Å². The Hall–Kier alpha value is -3.03. The van der Waals surface area contributed by atoms with Crippen molar-refractivity contribution in [1.82, 2.24) is 29.5 Å². The van der Waals surface area contributed by atoms with E-state index in [1.54, 1.807) is 34.0 Å². The molecule has 0 atom stereocenters. The molecule has 0 radical (unpaired) electrons. The average molecular weight is 377 g/mol. The summed E-state index contributed by atoms with van der Waals surface area (Å²) < 4.78 is 3.43. The molecule has 1 saturated carbocycles. The Morgan fingerprint density at radius 3 is 2.82 bits per heavy atom. The van der Waals surface area contributed by atoms with Gasteiger partial charge in [-0.3, -0.25) is 9.78 Å². The van der Waals surface area contributed by atoms with Crippen LogP contribution in [0.25, 0.3) is 5.82 Å². The molecule has 3 aromatic rings. The van der Waals surface area contributed by atoms with E-state index in [-0.39, 0.29) is 11.6 Å². The van der Waals surface area contributed by atoms with Crippen molar-refractivity contribution in [3.8, 4) is 5.82 Å². The average Bonchev–Trinajstić information content (AvgIpc) is 3.40. The van der Waals surface area contributed by atoms with Gasteiger partial charge in [-0.25, -0.2) is 14.3 Å². The maximum Gasteiger partial charge on any atom is 0.267 e. The van der Waals surface area contributed by atoms with Crippen LogP contribution in [0.2, 0.25) is 0 Å². The highest BCUT2D eigenvalue weighted by atomic mass is 16.1. The van der Waals surface area contributed by atoms with Gasteiger partial charge in [-0.1, -0.05) is 0 Å². The first-order valence-corrected chi connectivity index (χ1v) is 9.96. The standard InChI is InChI=1S/C20H23N7O/c28-20-11-14-3-1-4-17(14)25-27(20)16-7-5-15(6-8-16)23-18-12-21-13-19(24-18)26-10-2-9-22-26/h2,9-13,15-16H,1,3-8H2,(H,23,24). The molecule has 28 heavy (non-hydrogen) atoms. The summed E-state index contributed by atoms with van der Waals surface area (Å²) in [5, 5.41) is 12.4. The number of aromatic nitrogens is 6. The Morgan fingerprint density at radius 1 is 1.11 bits per heavy atom. The first kappa shape index (κ1) is 17.1. The van der Waals surface area contributed by atoms with Gasteiger partial charge in [0.05, 0.1) is 24.1 Å². The molecule has 0 aromatic carbocycles. The highest BCUT2D eigenvalue weighted by Gasteiger charge is 2.25. The Kier molecular flexibility index (Phi) is 4.38. The third kappa shape index (κ3) is 3.30. The molecule has 8 heteroatoms. The number of nitrogens with one attached hydrogen (secondary N) is 1. The van der Waals surface area contributed by atoms with Crippen molar-refractivity contribution < 1.29 is 0 Å². The first-order valence-electron chi connectivity index (χ1n) is 9.96. The predicted molar refractivity (Wildman–Crippen MR) is 105 cm³/mol. The van der Waals surface area contributed by atoms with Crippen molar-refractivity contribution >= 4 is 5.82 Å². The summed E-state index contributed by atoms with van der Waals surface area (Å²) in [6.07, 6.45) is 13.9. The summed E-state index contributed by atoms with van der Waals surface area (Å²) in [5.41, 5.74) is 2.31. The minimum atomic E-state index is 0.0508. The molecule has 2 aliphatic carbocycles. The molecular formula is C20H23N7O. The monoisotopic (exact) mass is 377 g/mol. The van der Waals surface area contributed by atoms with Crippen LogP contribution in [0.4, 0.5) is 5.82 Å². The Morgan fingerprint density at radius 2 is 2.00 bits per heavy atom. The molecule has 1 fully saturated rings. The van der Waals surface area contributed by atoms with Gasteiger partial charge < -0.3 is 5.32 Å². The third-order valence-corrected chi connectivity index (χ3v) is 5.74. The van der Waals surface area contributed by atoms with Gasteiger partial charge in [0.1, 0.15) is 5.82 Å². The number of nitrogens with zero attached hydrogens (tertiary/aromatic N) is 6. The number of aryl methyl sites for hydroxylation is 2. The molecule has 3 aromatic heterocycles. The first-order chi connectivity index (χ1) is 13.8. The summed E-state index contributed by atoms with van der Waals surface area (Å²) in [5.74, 6) is 1.45. The third-order valence-electron chi connectivity index (χ3n) is 5.74. The van der Waals surface area contributed by atoms with Crippen molar-refractivity contribution in [1.29, 1.82) is 0 Å². The van der Waals surface area contributed by atoms with Crippen LogP contribution in [0.3, 0.4) is 0 Å². The van der Waals surface area contributed by atoms with Crippen molar-refractivity contribution in [3.63, 3.8) is 0 Å². The number of hydrogen-bond donors (Lipinski definition) is 1. The molecule has 0 bridgehead atoms. The van der Waals surface area contributed by atoms with Gasteiger partial charge in [-0.05, 0) is 56.6 Å². The highest BCUT2D eigenvalue weighted by molar-refractivity contribution is 5.36. The molecule has 144 valence electrons. The zero-order valence-electron chi connectivity index (χ0n) is 15.7. The van der Waals surface area contributed by atoms with Crippen molar-refractivity contribution in [3.05, 3.63) is 58.5 Å². The van der Waals surface area contributed by atoms with Gasteiger partial charge in [-0.15, -0.1) is 0 Å². The van der Waals surface area contributed by atoms with Crippen LogP contribution in [0.5, 0.6) is 0 Å². The lowest BCUT2D eigenvalue weighted by atomic mass is 9.91. The fourth-order valence-corrected chi connectivity index (χ4v) is 4.29. The SMILES string of the molecule is O=c1cc2c(nn1C1CCC(Nc3cncc(-n4cccn4)n3)CC1)CCC2. The van der Waals surface area contributed by atoms with E-state index >= 15 is 0 Å². The van der Waals surface area contributed by atoms with E-state index in [1.807, 2.05) is 12.3 Å². The number of fused-ring (bicyclic) bond motifs is 1. The van der Waals surface area contributed by atoms with Crippen molar-refractivity contribution in [2.24, 2.45) is 0 Å². The van der Waals surface area contributed by atoms with Crippen LogP contribution in [0.15, 0.2) is 41.7 Å². The topological polar surface area (TPSA) is 90.5 Å². The molecule has 8 nitrogen and oxygen atoms in total. The van der Waals surface area contributed by atoms with Crippen LogP contribution in [-0.2, 0) is 12.8 Å². The summed E-state index contributed by atoms with van der Waals surface area (Å²) in [6, 6.07) is 4.18. The number of anilines is 1. The lowest BCUT2D eigenvalue weighted by Gasteiger charge is -2.30. The lowest BCUT2D eigenvalue weighted by molar-refractivity contribution is 0.301. The van der Waals surface area contributed by atoms with E-state index in [2.05, 4.69) is 25.5 Å². The summed E-state index contributed by atoms with van der Waals surface area (Å²) >= 11 is 0. The second-order valence-electron chi connectivity index (χ2n) is 7.62. The second kappa shape index (κ2) is 7.18. The fraction of sp³-hybridized carbons (Fsp3) is 0.450. The molecule has 0 unspecified atom stereocenters. The lowest BCUT2D eigenvalue weighted by Crippen LogP contribution is -2.34. The second-order valence-corrected chi connectivity index (χ2v) is 7.62. The molecule has 0 aliphatic heterocycles. The maximum atomic E-state index is 12.5. The van der Waals surface area contributed by atoms with E-state index in [0.29, 0.717) is 11.9 Å². The molecule has 1 N–H and O–H groups in total. The molecule has 0 amide bonds. The Balaban J connectivity index is 1.25. The predicted octanol–water partition coefficient (Wildman–Crippen LogP) is 2.30. The van der Waals surface area contributed by atoms with Crippen LogP contribution in [0.1, 0.15) is 49.4 Å². The number of rotatable bonds is 4. The minimum absolute atomic E-state index is 0.0508. The molecule has 0 saturated heterocycles. The fourth-order valence-electron chi connectivity index (χ4n) is 4.29. The van der Waals surface area contributed by atoms with Crippen LogP contribution >= 0.6 is 0 Å². The normalized spacial score (nSPS) is 21.4. The number of hydrogen-bond acceptors (Lipinski definition) is 6. The molecule has 0 spiro atoms. The van der Waals surface area contributed by atoms with Crippen LogP contribution < -0.4 is 10.9 Å². The van der Waals surface area contributed by atoms with Gasteiger partial charge in [0.25, 0.3) is 5.56 Å². The maximum absolute atomic E-state index is 12.5. The molecule has 5 rings (SSSR count). The smallest absolute Gasteiger partial charge is 0.267 e. The summed E-state index contributed by atoms with van der Waals surface area (Å²) in [6.45, 7) is 0. The van der Waals surface area contributed by atoms with E-state index in [1.165, 1.54) is 0 Å². The van der Waals surface area contributed by atoms with Gasteiger partial charge in [0, 0.05) is 24.5 Å². The quantitative estimate of drug-likeness (QED) is 0.750. The molecular weight excluding hydrogens is 354 g/mol. The van der Waals surface area contributed by atoms with Gasteiger partial charge in [0.2, 0.25) is 0 Å².